The Hall–Kier alpha value is -2.29. The van der Waals surface area contributed by atoms with Crippen LogP contribution >= 0.6 is 0 Å². The maximum absolute atomic E-state index is 12.2. The van der Waals surface area contributed by atoms with Crippen LogP contribution in [0.4, 0.5) is 5.69 Å². The third-order valence-electron chi connectivity index (χ3n) is 4.18. The zero-order valence-corrected chi connectivity index (χ0v) is 12.9. The molecule has 3 heteroatoms. The lowest BCUT2D eigenvalue weighted by molar-refractivity contribution is -0.121. The molecule has 2 aromatic rings. The van der Waals surface area contributed by atoms with Crippen LogP contribution in [0.2, 0.25) is 0 Å². The summed E-state index contributed by atoms with van der Waals surface area (Å²) in [6, 6.07) is 16.2. The molecule has 0 aromatic heterocycles. The molecule has 0 aliphatic heterocycles. The lowest BCUT2D eigenvalue weighted by atomic mass is 10.1. The van der Waals surface area contributed by atoms with E-state index in [1.54, 1.807) is 0 Å². The van der Waals surface area contributed by atoms with E-state index < -0.39 is 0 Å². The molecule has 0 radical (unpaired) electrons. The lowest BCUT2D eigenvalue weighted by Gasteiger charge is -2.16. The monoisotopic (exact) mass is 294 g/mol. The molecular formula is C19H22N2O. The first-order valence-corrected chi connectivity index (χ1v) is 7.92. The van der Waals surface area contributed by atoms with Crippen molar-refractivity contribution in [3.05, 3.63) is 65.2 Å². The number of hydrogen-bond acceptors (Lipinski definition) is 2. The molecule has 0 bridgehead atoms. The summed E-state index contributed by atoms with van der Waals surface area (Å²) in [5.41, 5.74) is 5.01. The highest BCUT2D eigenvalue weighted by molar-refractivity contribution is 5.84. The molecule has 0 heterocycles. The Bertz CT molecular complexity index is 652. The third-order valence-corrected chi connectivity index (χ3v) is 4.18. The Labute approximate surface area is 131 Å². The summed E-state index contributed by atoms with van der Waals surface area (Å²) in [7, 11) is 0. The molecule has 2 N–H and O–H groups in total. The van der Waals surface area contributed by atoms with Gasteiger partial charge in [0.05, 0.1) is 0 Å². The number of rotatable bonds is 5. The number of benzene rings is 2. The molecule has 1 atom stereocenters. The first-order valence-electron chi connectivity index (χ1n) is 7.92. The van der Waals surface area contributed by atoms with Gasteiger partial charge in [0, 0.05) is 12.2 Å². The number of fused-ring (bicyclic) bond motifs is 1. The van der Waals surface area contributed by atoms with Gasteiger partial charge in [0.15, 0.2) is 0 Å². The van der Waals surface area contributed by atoms with Crippen LogP contribution in [0, 0.1) is 0 Å². The Balaban J connectivity index is 1.55. The quantitative estimate of drug-likeness (QED) is 0.888. The van der Waals surface area contributed by atoms with Gasteiger partial charge < -0.3 is 10.6 Å². The maximum atomic E-state index is 12.2. The van der Waals surface area contributed by atoms with Gasteiger partial charge in [0.25, 0.3) is 0 Å². The van der Waals surface area contributed by atoms with E-state index in [0.717, 1.165) is 17.7 Å². The molecule has 2 aromatic carbocycles. The van der Waals surface area contributed by atoms with Crippen LogP contribution < -0.4 is 10.6 Å². The molecule has 0 spiro atoms. The summed E-state index contributed by atoms with van der Waals surface area (Å²) < 4.78 is 0. The van der Waals surface area contributed by atoms with Crippen molar-refractivity contribution in [2.45, 2.75) is 38.8 Å². The average Bonchev–Trinajstić information content (AvgIpc) is 3.01. The van der Waals surface area contributed by atoms with Crippen LogP contribution in [0.5, 0.6) is 0 Å². The maximum Gasteiger partial charge on any atom is 0.242 e. The predicted molar refractivity (Wildman–Crippen MR) is 89.8 cm³/mol. The average molecular weight is 294 g/mol. The van der Waals surface area contributed by atoms with E-state index in [1.807, 2.05) is 37.3 Å². The van der Waals surface area contributed by atoms with Gasteiger partial charge in [-0.25, -0.2) is 0 Å². The minimum atomic E-state index is -0.247. The highest BCUT2D eigenvalue weighted by atomic mass is 16.2. The molecule has 0 fully saturated rings. The van der Waals surface area contributed by atoms with E-state index in [4.69, 9.17) is 0 Å². The van der Waals surface area contributed by atoms with Gasteiger partial charge in [0.1, 0.15) is 6.04 Å². The lowest BCUT2D eigenvalue weighted by Crippen LogP contribution is -2.37. The topological polar surface area (TPSA) is 41.1 Å². The van der Waals surface area contributed by atoms with Crippen LogP contribution in [0.15, 0.2) is 48.5 Å². The second-order valence-electron chi connectivity index (χ2n) is 5.91. The fourth-order valence-electron chi connectivity index (χ4n) is 2.92. The molecule has 3 rings (SSSR count). The molecule has 22 heavy (non-hydrogen) atoms. The Morgan fingerprint density at radius 3 is 2.68 bits per heavy atom. The normalized spacial score (nSPS) is 14.2. The zero-order chi connectivity index (χ0) is 15.4. The van der Waals surface area contributed by atoms with Crippen LogP contribution in [-0.4, -0.2) is 11.9 Å². The predicted octanol–water partition coefficient (Wildman–Crippen LogP) is 3.29. The summed E-state index contributed by atoms with van der Waals surface area (Å²) in [6.45, 7) is 2.46. The summed E-state index contributed by atoms with van der Waals surface area (Å²) in [5.74, 6) is 0.0179. The van der Waals surface area contributed by atoms with E-state index >= 15 is 0 Å². The smallest absolute Gasteiger partial charge is 0.242 e. The number of amides is 1. The van der Waals surface area contributed by atoms with Gasteiger partial charge in [0.2, 0.25) is 5.91 Å². The Kier molecular flexibility index (Phi) is 4.42. The van der Waals surface area contributed by atoms with E-state index in [9.17, 15) is 4.79 Å². The van der Waals surface area contributed by atoms with E-state index in [2.05, 4.69) is 28.8 Å². The molecular weight excluding hydrogens is 272 g/mol. The second kappa shape index (κ2) is 6.65. The zero-order valence-electron chi connectivity index (χ0n) is 12.9. The van der Waals surface area contributed by atoms with Crippen LogP contribution in [0.25, 0.3) is 0 Å². The summed E-state index contributed by atoms with van der Waals surface area (Å²) in [4.78, 5) is 12.2. The minimum absolute atomic E-state index is 0.0179. The molecule has 0 unspecified atom stereocenters. The van der Waals surface area contributed by atoms with E-state index in [0.29, 0.717) is 6.54 Å². The van der Waals surface area contributed by atoms with Gasteiger partial charge in [-0.15, -0.1) is 0 Å². The highest BCUT2D eigenvalue weighted by Gasteiger charge is 2.15. The first kappa shape index (κ1) is 14.6. The van der Waals surface area contributed by atoms with Gasteiger partial charge in [-0.2, -0.15) is 0 Å². The van der Waals surface area contributed by atoms with Crippen LogP contribution in [0.3, 0.4) is 0 Å². The molecule has 0 saturated heterocycles. The molecule has 1 aliphatic carbocycles. The van der Waals surface area contributed by atoms with Crippen molar-refractivity contribution in [3.63, 3.8) is 0 Å². The largest absolute Gasteiger partial charge is 0.374 e. The highest BCUT2D eigenvalue weighted by Crippen LogP contribution is 2.25. The van der Waals surface area contributed by atoms with E-state index in [-0.39, 0.29) is 11.9 Å². The number of hydrogen-bond donors (Lipinski definition) is 2. The van der Waals surface area contributed by atoms with Gasteiger partial charge >= 0.3 is 0 Å². The Morgan fingerprint density at radius 2 is 1.86 bits per heavy atom. The second-order valence-corrected chi connectivity index (χ2v) is 5.91. The molecule has 1 amide bonds. The van der Waals surface area contributed by atoms with Crippen molar-refractivity contribution in [1.82, 2.24) is 5.32 Å². The minimum Gasteiger partial charge on any atom is -0.374 e. The summed E-state index contributed by atoms with van der Waals surface area (Å²) in [6.07, 6.45) is 3.58. The molecule has 114 valence electrons. The summed E-state index contributed by atoms with van der Waals surface area (Å²) in [5, 5.41) is 6.27. The summed E-state index contributed by atoms with van der Waals surface area (Å²) >= 11 is 0. The van der Waals surface area contributed by atoms with Crippen molar-refractivity contribution < 1.29 is 4.79 Å². The van der Waals surface area contributed by atoms with Gasteiger partial charge in [-0.05, 0) is 55.0 Å². The molecule has 0 saturated carbocycles. The number of anilines is 1. The van der Waals surface area contributed by atoms with Crippen molar-refractivity contribution in [1.29, 1.82) is 0 Å². The molecule has 3 nitrogen and oxygen atoms in total. The number of carbonyl (C=O) groups is 1. The fraction of sp³-hybridized carbons (Fsp3) is 0.316. The van der Waals surface area contributed by atoms with Crippen molar-refractivity contribution in [2.75, 3.05) is 5.32 Å². The number of aryl methyl sites for hydroxylation is 2. The third kappa shape index (κ3) is 3.48. The number of nitrogens with one attached hydrogen (secondary N) is 2. The standard InChI is InChI=1S/C19H22N2O/c1-14(19(22)20-13-15-6-3-2-4-7-15)21-18-11-10-16-8-5-9-17(16)12-18/h2-4,6-7,10-12,14,21H,5,8-9,13H2,1H3,(H,20,22)/t14-/m0/s1. The van der Waals surface area contributed by atoms with Gasteiger partial charge in [-0.1, -0.05) is 36.4 Å². The number of carbonyl (C=O) groups excluding carboxylic acids is 1. The van der Waals surface area contributed by atoms with Crippen molar-refractivity contribution in [2.24, 2.45) is 0 Å². The first-order chi connectivity index (χ1) is 10.7. The Morgan fingerprint density at radius 1 is 1.09 bits per heavy atom. The van der Waals surface area contributed by atoms with Crippen LogP contribution in [0.1, 0.15) is 30.0 Å². The van der Waals surface area contributed by atoms with Crippen LogP contribution in [-0.2, 0) is 24.2 Å². The van der Waals surface area contributed by atoms with Gasteiger partial charge in [-0.3, -0.25) is 4.79 Å². The van der Waals surface area contributed by atoms with Crippen molar-refractivity contribution in [3.8, 4) is 0 Å². The fourth-order valence-corrected chi connectivity index (χ4v) is 2.92. The SMILES string of the molecule is C[C@H](Nc1ccc2c(c1)CCC2)C(=O)NCc1ccccc1. The van der Waals surface area contributed by atoms with E-state index in [1.165, 1.54) is 24.0 Å². The van der Waals surface area contributed by atoms with Crippen molar-refractivity contribution >= 4 is 11.6 Å². The molecule has 1 aliphatic rings.